The predicted molar refractivity (Wildman–Crippen MR) is 117 cm³/mol. The Morgan fingerprint density at radius 3 is 2.03 bits per heavy atom. The molecule has 2 aromatic carbocycles. The van der Waals surface area contributed by atoms with Crippen LogP contribution in [-0.2, 0) is 14.8 Å². The van der Waals surface area contributed by atoms with Crippen LogP contribution in [0.2, 0.25) is 0 Å². The van der Waals surface area contributed by atoms with Crippen molar-refractivity contribution in [3.8, 4) is 0 Å². The minimum Gasteiger partial charge on any atom is -0.444 e. The number of rotatable bonds is 4. The van der Waals surface area contributed by atoms with Crippen molar-refractivity contribution < 1.29 is 22.7 Å². The molecule has 0 saturated carbocycles. The molecule has 0 aliphatic carbocycles. The lowest BCUT2D eigenvalue weighted by Gasteiger charge is -2.34. The SMILES string of the molecule is CC(C)(C)OC(=O)Nc1ccc(C(=O)N2CCN(S(=O)(=O)c3ccccc3)CC2)cc1. The Bertz CT molecular complexity index is 1020. The zero-order valence-electron chi connectivity index (χ0n) is 17.9. The van der Waals surface area contributed by atoms with Crippen LogP contribution in [0.1, 0.15) is 31.1 Å². The molecule has 3 rings (SSSR count). The quantitative estimate of drug-likeness (QED) is 0.780. The molecule has 1 fully saturated rings. The second kappa shape index (κ2) is 9.07. The number of anilines is 1. The highest BCUT2D eigenvalue weighted by atomic mass is 32.2. The zero-order valence-corrected chi connectivity index (χ0v) is 18.7. The molecule has 1 heterocycles. The van der Waals surface area contributed by atoms with E-state index in [1.165, 1.54) is 4.31 Å². The molecule has 0 spiro atoms. The summed E-state index contributed by atoms with van der Waals surface area (Å²) in [6, 6.07) is 14.8. The van der Waals surface area contributed by atoms with Crippen molar-refractivity contribution in [3.05, 3.63) is 60.2 Å². The molecule has 9 heteroatoms. The first-order valence-electron chi connectivity index (χ1n) is 10.0. The van der Waals surface area contributed by atoms with Crippen LogP contribution in [0.3, 0.4) is 0 Å². The minimum absolute atomic E-state index is 0.180. The van der Waals surface area contributed by atoms with E-state index in [1.807, 2.05) is 0 Å². The lowest BCUT2D eigenvalue weighted by molar-refractivity contribution is 0.0635. The van der Waals surface area contributed by atoms with Gasteiger partial charge in [-0.25, -0.2) is 13.2 Å². The van der Waals surface area contributed by atoms with E-state index in [9.17, 15) is 18.0 Å². The van der Waals surface area contributed by atoms with Gasteiger partial charge in [0.1, 0.15) is 5.60 Å². The molecule has 0 unspecified atom stereocenters. The lowest BCUT2D eigenvalue weighted by atomic mass is 10.1. The molecule has 166 valence electrons. The largest absolute Gasteiger partial charge is 0.444 e. The summed E-state index contributed by atoms with van der Waals surface area (Å²) in [4.78, 5) is 26.5. The number of hydrogen-bond donors (Lipinski definition) is 1. The second-order valence-corrected chi connectivity index (χ2v) is 10.2. The highest BCUT2D eigenvalue weighted by Gasteiger charge is 2.30. The van der Waals surface area contributed by atoms with Crippen molar-refractivity contribution in [2.45, 2.75) is 31.3 Å². The molecule has 2 aromatic rings. The van der Waals surface area contributed by atoms with Crippen LogP contribution >= 0.6 is 0 Å². The van der Waals surface area contributed by atoms with Gasteiger partial charge in [0.05, 0.1) is 4.90 Å². The average Bonchev–Trinajstić information content (AvgIpc) is 2.73. The third-order valence-corrected chi connectivity index (χ3v) is 6.60. The smallest absolute Gasteiger partial charge is 0.412 e. The molecule has 1 saturated heterocycles. The van der Waals surface area contributed by atoms with E-state index in [0.29, 0.717) is 24.3 Å². The lowest BCUT2D eigenvalue weighted by Crippen LogP contribution is -2.50. The number of piperazine rings is 1. The summed E-state index contributed by atoms with van der Waals surface area (Å²) in [5.74, 6) is -0.180. The number of carbonyl (C=O) groups is 2. The first-order valence-corrected chi connectivity index (χ1v) is 11.4. The molecule has 1 aliphatic heterocycles. The van der Waals surface area contributed by atoms with E-state index in [0.717, 1.165) is 0 Å². The fraction of sp³-hybridized carbons (Fsp3) is 0.364. The normalized spacial score (nSPS) is 15.4. The summed E-state index contributed by atoms with van der Waals surface area (Å²) in [6.07, 6.45) is -0.567. The van der Waals surface area contributed by atoms with Gasteiger partial charge in [0.25, 0.3) is 5.91 Å². The second-order valence-electron chi connectivity index (χ2n) is 8.21. The molecular formula is C22H27N3O5S. The summed E-state index contributed by atoms with van der Waals surface area (Å²) < 4.78 is 32.1. The van der Waals surface area contributed by atoms with Crippen LogP contribution < -0.4 is 5.32 Å². The Morgan fingerprint density at radius 1 is 0.903 bits per heavy atom. The number of carbonyl (C=O) groups excluding carboxylic acids is 2. The van der Waals surface area contributed by atoms with Gasteiger partial charge in [0.15, 0.2) is 0 Å². The van der Waals surface area contributed by atoms with Gasteiger partial charge in [-0.3, -0.25) is 10.1 Å². The number of benzene rings is 2. The van der Waals surface area contributed by atoms with Gasteiger partial charge >= 0.3 is 6.09 Å². The Balaban J connectivity index is 1.58. The van der Waals surface area contributed by atoms with Crippen molar-refractivity contribution >= 4 is 27.7 Å². The van der Waals surface area contributed by atoms with E-state index in [2.05, 4.69) is 5.32 Å². The van der Waals surface area contributed by atoms with E-state index >= 15 is 0 Å². The predicted octanol–water partition coefficient (Wildman–Crippen LogP) is 3.18. The molecular weight excluding hydrogens is 418 g/mol. The Labute approximate surface area is 182 Å². The van der Waals surface area contributed by atoms with Gasteiger partial charge < -0.3 is 9.64 Å². The Hall–Kier alpha value is -2.91. The van der Waals surface area contributed by atoms with E-state index < -0.39 is 21.7 Å². The number of sulfonamides is 1. The van der Waals surface area contributed by atoms with Gasteiger partial charge in [-0.2, -0.15) is 4.31 Å². The standard InChI is InChI=1S/C22H27N3O5S/c1-22(2,3)30-21(27)23-18-11-9-17(10-12-18)20(26)24-13-15-25(16-14-24)31(28,29)19-7-5-4-6-8-19/h4-12H,13-16H2,1-3H3,(H,23,27). The third kappa shape index (κ3) is 5.83. The third-order valence-electron chi connectivity index (χ3n) is 4.68. The van der Waals surface area contributed by atoms with Crippen LogP contribution in [0.15, 0.2) is 59.5 Å². The minimum atomic E-state index is -3.56. The van der Waals surface area contributed by atoms with Crippen molar-refractivity contribution in [1.82, 2.24) is 9.21 Å². The maximum atomic E-state index is 12.8. The monoisotopic (exact) mass is 445 g/mol. The molecule has 31 heavy (non-hydrogen) atoms. The molecule has 1 N–H and O–H groups in total. The molecule has 0 bridgehead atoms. The number of amides is 2. The Morgan fingerprint density at radius 2 is 1.48 bits per heavy atom. The fourth-order valence-electron chi connectivity index (χ4n) is 3.17. The van der Waals surface area contributed by atoms with Crippen molar-refractivity contribution in [2.24, 2.45) is 0 Å². The van der Waals surface area contributed by atoms with E-state index in [4.69, 9.17) is 4.74 Å². The zero-order chi connectivity index (χ0) is 22.6. The maximum Gasteiger partial charge on any atom is 0.412 e. The molecule has 0 aromatic heterocycles. The summed E-state index contributed by atoms with van der Waals surface area (Å²) in [5, 5.41) is 2.62. The first kappa shape index (κ1) is 22.8. The van der Waals surface area contributed by atoms with Crippen molar-refractivity contribution in [2.75, 3.05) is 31.5 Å². The summed E-state index contributed by atoms with van der Waals surface area (Å²) in [7, 11) is -3.56. The molecule has 0 atom stereocenters. The highest BCUT2D eigenvalue weighted by Crippen LogP contribution is 2.19. The van der Waals surface area contributed by atoms with E-state index in [1.54, 1.807) is 80.3 Å². The number of nitrogens with zero attached hydrogens (tertiary/aromatic N) is 2. The summed E-state index contributed by atoms with van der Waals surface area (Å²) in [6.45, 7) is 6.42. The Kier molecular flexibility index (Phi) is 6.66. The van der Waals surface area contributed by atoms with Crippen LogP contribution in [0, 0.1) is 0 Å². The maximum absolute atomic E-state index is 12.8. The molecule has 2 amide bonds. The first-order chi connectivity index (χ1) is 14.6. The van der Waals surface area contributed by atoms with Gasteiger partial charge in [-0.1, -0.05) is 18.2 Å². The fourth-order valence-corrected chi connectivity index (χ4v) is 4.62. The van der Waals surface area contributed by atoms with Gasteiger partial charge in [0.2, 0.25) is 10.0 Å². The van der Waals surface area contributed by atoms with Crippen LogP contribution in [0.25, 0.3) is 0 Å². The average molecular weight is 446 g/mol. The van der Waals surface area contributed by atoms with Gasteiger partial charge in [0, 0.05) is 37.4 Å². The number of ether oxygens (including phenoxy) is 1. The van der Waals surface area contributed by atoms with Gasteiger partial charge in [-0.15, -0.1) is 0 Å². The van der Waals surface area contributed by atoms with Crippen molar-refractivity contribution in [1.29, 1.82) is 0 Å². The summed E-state index contributed by atoms with van der Waals surface area (Å²) >= 11 is 0. The molecule has 1 aliphatic rings. The topological polar surface area (TPSA) is 96.0 Å². The van der Waals surface area contributed by atoms with Crippen LogP contribution in [0.5, 0.6) is 0 Å². The highest BCUT2D eigenvalue weighted by molar-refractivity contribution is 7.89. The summed E-state index contributed by atoms with van der Waals surface area (Å²) in [5.41, 5.74) is 0.384. The number of hydrogen-bond acceptors (Lipinski definition) is 5. The molecule has 0 radical (unpaired) electrons. The van der Waals surface area contributed by atoms with Gasteiger partial charge in [-0.05, 0) is 57.2 Å². The molecule has 8 nitrogen and oxygen atoms in total. The number of nitrogens with one attached hydrogen (secondary N) is 1. The van der Waals surface area contributed by atoms with Crippen LogP contribution in [-0.4, -0.2) is 61.4 Å². The van der Waals surface area contributed by atoms with E-state index in [-0.39, 0.29) is 23.9 Å². The van der Waals surface area contributed by atoms with Crippen LogP contribution in [0.4, 0.5) is 10.5 Å². The van der Waals surface area contributed by atoms with Crippen molar-refractivity contribution in [3.63, 3.8) is 0 Å².